The van der Waals surface area contributed by atoms with Gasteiger partial charge in [-0.1, -0.05) is 0 Å². The molecule has 0 atom stereocenters. The van der Waals surface area contributed by atoms with Crippen LogP contribution in [0.2, 0.25) is 0 Å². The minimum absolute atomic E-state index is 0.233. The monoisotopic (exact) mass is 239 g/mol. The van der Waals surface area contributed by atoms with Gasteiger partial charge in [0.15, 0.2) is 0 Å². The van der Waals surface area contributed by atoms with Crippen LogP contribution < -0.4 is 5.32 Å². The molecule has 0 spiro atoms. The highest BCUT2D eigenvalue weighted by Crippen LogP contribution is 2.27. The summed E-state index contributed by atoms with van der Waals surface area (Å²) in [4.78, 5) is 17.2. The van der Waals surface area contributed by atoms with Crippen LogP contribution in [-0.4, -0.2) is 21.8 Å². The molecule has 8 heteroatoms. The maximum atomic E-state index is 12.2. The first-order valence-electron chi connectivity index (χ1n) is 3.68. The standard InChI is InChI=1S/C7H5ClF3N3O/c8-2-6(15)14-5-1-4(7(9,10)11)12-3-13-5/h1,3H,2H2,(H,12,13,14,15). The van der Waals surface area contributed by atoms with E-state index >= 15 is 0 Å². The number of carbonyl (C=O) groups is 1. The summed E-state index contributed by atoms with van der Waals surface area (Å²) in [7, 11) is 0. The molecule has 0 aliphatic carbocycles. The summed E-state index contributed by atoms with van der Waals surface area (Å²) in [6.45, 7) is 0. The van der Waals surface area contributed by atoms with Gasteiger partial charge in [-0.3, -0.25) is 4.79 Å². The molecule has 1 amide bonds. The van der Waals surface area contributed by atoms with Crippen LogP contribution in [0.15, 0.2) is 12.4 Å². The zero-order chi connectivity index (χ0) is 11.5. The lowest BCUT2D eigenvalue weighted by atomic mass is 10.4. The Morgan fingerprint density at radius 3 is 2.67 bits per heavy atom. The first kappa shape index (κ1) is 11.7. The smallest absolute Gasteiger partial charge is 0.310 e. The van der Waals surface area contributed by atoms with Crippen molar-refractivity contribution in [3.8, 4) is 0 Å². The van der Waals surface area contributed by atoms with Gasteiger partial charge in [0.25, 0.3) is 0 Å². The number of nitrogens with zero attached hydrogens (tertiary/aromatic N) is 2. The van der Waals surface area contributed by atoms with Gasteiger partial charge in [-0.2, -0.15) is 13.2 Å². The van der Waals surface area contributed by atoms with E-state index in [1.165, 1.54) is 0 Å². The number of anilines is 1. The van der Waals surface area contributed by atoms with Gasteiger partial charge in [-0.25, -0.2) is 9.97 Å². The van der Waals surface area contributed by atoms with Gasteiger partial charge in [0.2, 0.25) is 5.91 Å². The van der Waals surface area contributed by atoms with Crippen LogP contribution >= 0.6 is 11.6 Å². The predicted octanol–water partition coefficient (Wildman–Crippen LogP) is 1.67. The maximum Gasteiger partial charge on any atom is 0.433 e. The second kappa shape index (κ2) is 4.43. The van der Waals surface area contributed by atoms with Crippen molar-refractivity contribution in [3.63, 3.8) is 0 Å². The minimum Gasteiger partial charge on any atom is -0.310 e. The van der Waals surface area contributed by atoms with E-state index < -0.39 is 17.8 Å². The molecular weight excluding hydrogens is 235 g/mol. The fourth-order valence-corrected chi connectivity index (χ4v) is 0.824. The lowest BCUT2D eigenvalue weighted by Crippen LogP contribution is -2.15. The number of halogens is 4. The molecule has 0 aliphatic rings. The van der Waals surface area contributed by atoms with E-state index in [9.17, 15) is 18.0 Å². The lowest BCUT2D eigenvalue weighted by Gasteiger charge is -2.06. The van der Waals surface area contributed by atoms with Gasteiger partial charge < -0.3 is 5.32 Å². The minimum atomic E-state index is -4.57. The van der Waals surface area contributed by atoms with Crippen LogP contribution in [0.3, 0.4) is 0 Å². The van der Waals surface area contributed by atoms with E-state index in [1.807, 2.05) is 0 Å². The number of hydrogen-bond donors (Lipinski definition) is 1. The molecule has 0 aromatic carbocycles. The zero-order valence-electron chi connectivity index (χ0n) is 7.18. The van der Waals surface area contributed by atoms with Crippen molar-refractivity contribution in [1.82, 2.24) is 9.97 Å². The van der Waals surface area contributed by atoms with Crippen molar-refractivity contribution in [2.75, 3.05) is 11.2 Å². The summed E-state index contributed by atoms with van der Waals surface area (Å²) >= 11 is 5.15. The van der Waals surface area contributed by atoms with E-state index in [4.69, 9.17) is 11.6 Å². The van der Waals surface area contributed by atoms with Crippen molar-refractivity contribution in [3.05, 3.63) is 18.1 Å². The molecule has 0 bridgehead atoms. The van der Waals surface area contributed by atoms with Crippen LogP contribution in [-0.2, 0) is 11.0 Å². The number of hydrogen-bond acceptors (Lipinski definition) is 3. The van der Waals surface area contributed by atoms with Gasteiger partial charge in [0, 0.05) is 6.07 Å². The van der Waals surface area contributed by atoms with Crippen LogP contribution in [0.4, 0.5) is 19.0 Å². The number of carbonyl (C=O) groups excluding carboxylic acids is 1. The van der Waals surface area contributed by atoms with E-state index in [2.05, 4.69) is 15.3 Å². The summed E-state index contributed by atoms with van der Waals surface area (Å²) in [6.07, 6.45) is -3.85. The first-order chi connectivity index (χ1) is 6.93. The molecule has 1 heterocycles. The molecule has 1 aromatic heterocycles. The summed E-state index contributed by atoms with van der Waals surface area (Å²) in [5, 5.41) is 2.08. The second-order valence-electron chi connectivity index (χ2n) is 2.47. The largest absolute Gasteiger partial charge is 0.433 e. The van der Waals surface area contributed by atoms with Gasteiger partial charge in [0.1, 0.15) is 23.7 Å². The number of nitrogens with one attached hydrogen (secondary N) is 1. The van der Waals surface area contributed by atoms with Crippen LogP contribution in [0.25, 0.3) is 0 Å². The van der Waals surface area contributed by atoms with Crippen LogP contribution in [0, 0.1) is 0 Å². The maximum absolute atomic E-state index is 12.2. The highest BCUT2D eigenvalue weighted by atomic mass is 35.5. The average Bonchev–Trinajstić information content (AvgIpc) is 2.17. The third kappa shape index (κ3) is 3.35. The summed E-state index contributed by atoms with van der Waals surface area (Å²) in [5.41, 5.74) is -1.12. The molecule has 0 aliphatic heterocycles. The molecule has 0 saturated carbocycles. The quantitative estimate of drug-likeness (QED) is 0.799. The highest BCUT2D eigenvalue weighted by Gasteiger charge is 2.32. The Balaban J connectivity index is 2.88. The summed E-state index contributed by atoms with van der Waals surface area (Å²) < 4.78 is 36.5. The average molecular weight is 240 g/mol. The van der Waals surface area contributed by atoms with Gasteiger partial charge in [-0.05, 0) is 0 Å². The molecule has 82 valence electrons. The van der Waals surface area contributed by atoms with Crippen molar-refractivity contribution < 1.29 is 18.0 Å². The SMILES string of the molecule is O=C(CCl)Nc1cc(C(F)(F)F)ncn1. The van der Waals surface area contributed by atoms with Crippen molar-refractivity contribution in [1.29, 1.82) is 0 Å². The molecule has 15 heavy (non-hydrogen) atoms. The van der Waals surface area contributed by atoms with Crippen molar-refractivity contribution >= 4 is 23.3 Å². The molecular formula is C7H5ClF3N3O. The predicted molar refractivity (Wildman–Crippen MR) is 46.4 cm³/mol. The number of aromatic nitrogens is 2. The van der Waals surface area contributed by atoms with E-state index in [-0.39, 0.29) is 11.7 Å². The molecule has 0 fully saturated rings. The Morgan fingerprint density at radius 1 is 1.47 bits per heavy atom. The van der Waals surface area contributed by atoms with Gasteiger partial charge in [0.05, 0.1) is 0 Å². The number of amides is 1. The summed E-state index contributed by atoms with van der Waals surface area (Å²) in [5.74, 6) is -1.22. The Labute approximate surface area is 87.5 Å². The van der Waals surface area contributed by atoms with Crippen LogP contribution in [0.1, 0.15) is 5.69 Å². The molecule has 1 N–H and O–H groups in total. The Morgan fingerprint density at radius 2 is 2.13 bits per heavy atom. The normalized spacial score (nSPS) is 11.2. The Hall–Kier alpha value is -1.37. The molecule has 0 unspecified atom stereocenters. The van der Waals surface area contributed by atoms with E-state index in [1.54, 1.807) is 0 Å². The van der Waals surface area contributed by atoms with Crippen molar-refractivity contribution in [2.45, 2.75) is 6.18 Å². The fourth-order valence-electron chi connectivity index (χ4n) is 0.757. The number of rotatable bonds is 2. The number of alkyl halides is 4. The third-order valence-electron chi connectivity index (χ3n) is 1.35. The lowest BCUT2D eigenvalue weighted by molar-refractivity contribution is -0.141. The molecule has 1 aromatic rings. The highest BCUT2D eigenvalue weighted by molar-refractivity contribution is 6.28. The zero-order valence-corrected chi connectivity index (χ0v) is 7.93. The molecule has 4 nitrogen and oxygen atoms in total. The molecule has 1 rings (SSSR count). The topological polar surface area (TPSA) is 54.9 Å². The molecule has 0 radical (unpaired) electrons. The van der Waals surface area contributed by atoms with Gasteiger partial charge in [-0.15, -0.1) is 11.6 Å². The van der Waals surface area contributed by atoms with E-state index in [0.717, 1.165) is 0 Å². The molecule has 0 saturated heterocycles. The third-order valence-corrected chi connectivity index (χ3v) is 1.59. The van der Waals surface area contributed by atoms with Crippen LogP contribution in [0.5, 0.6) is 0 Å². The Kier molecular flexibility index (Phi) is 3.46. The van der Waals surface area contributed by atoms with Crippen molar-refractivity contribution in [2.24, 2.45) is 0 Å². The van der Waals surface area contributed by atoms with E-state index in [0.29, 0.717) is 12.4 Å². The second-order valence-corrected chi connectivity index (χ2v) is 2.74. The first-order valence-corrected chi connectivity index (χ1v) is 4.22. The fraction of sp³-hybridized carbons (Fsp3) is 0.286. The Bertz CT molecular complexity index is 369. The summed E-state index contributed by atoms with van der Waals surface area (Å²) in [6, 6.07) is 0.629. The van der Waals surface area contributed by atoms with Gasteiger partial charge >= 0.3 is 6.18 Å².